The van der Waals surface area contributed by atoms with Crippen molar-refractivity contribution in [1.29, 1.82) is 0 Å². The van der Waals surface area contributed by atoms with Crippen molar-refractivity contribution in [2.45, 2.75) is 45.1 Å². The van der Waals surface area contributed by atoms with Crippen molar-refractivity contribution in [2.75, 3.05) is 19.0 Å². The van der Waals surface area contributed by atoms with Gasteiger partial charge in [0.25, 0.3) is 5.91 Å². The minimum absolute atomic E-state index is 0.0393. The third-order valence-electron chi connectivity index (χ3n) is 6.21. The van der Waals surface area contributed by atoms with Crippen molar-refractivity contribution in [2.24, 2.45) is 10.1 Å². The van der Waals surface area contributed by atoms with Crippen LogP contribution < -0.4 is 19.6 Å². The van der Waals surface area contributed by atoms with E-state index in [1.54, 1.807) is 18.4 Å². The van der Waals surface area contributed by atoms with Gasteiger partial charge in [-0.05, 0) is 50.1 Å². The zero-order chi connectivity index (χ0) is 23.5. The molecule has 1 amide bonds. The quantitative estimate of drug-likeness (QED) is 0.523. The highest BCUT2D eigenvalue weighted by Gasteiger charge is 2.19. The van der Waals surface area contributed by atoms with E-state index in [9.17, 15) is 4.79 Å². The summed E-state index contributed by atoms with van der Waals surface area (Å²) in [6.07, 6.45) is 5.96. The lowest BCUT2D eigenvalue weighted by atomic mass is 9.96. The molecule has 0 radical (unpaired) electrons. The van der Waals surface area contributed by atoms with Gasteiger partial charge in [0.15, 0.2) is 6.61 Å². The lowest BCUT2D eigenvalue weighted by Crippen LogP contribution is -2.25. The molecular formula is C26H28N4O3S. The van der Waals surface area contributed by atoms with Gasteiger partial charge in [0, 0.05) is 16.5 Å². The number of aromatic nitrogens is 1. The Balaban J connectivity index is 1.62. The molecule has 8 heteroatoms. The van der Waals surface area contributed by atoms with E-state index in [2.05, 4.69) is 10.7 Å². The zero-order valence-corrected chi connectivity index (χ0v) is 20.2. The predicted molar refractivity (Wildman–Crippen MR) is 135 cm³/mol. The fraction of sp³-hybridized carbons (Fsp3) is 0.346. The molecule has 7 nitrogen and oxygen atoms in total. The number of para-hydroxylation sites is 1. The first-order valence-electron chi connectivity index (χ1n) is 11.6. The summed E-state index contributed by atoms with van der Waals surface area (Å²) in [5.41, 5.74) is 4.28. The Morgan fingerprint density at radius 1 is 1.18 bits per heavy atom. The number of nitrogens with zero attached hydrogens (tertiary/aromatic N) is 3. The van der Waals surface area contributed by atoms with Crippen LogP contribution in [0.25, 0.3) is 11.3 Å². The highest BCUT2D eigenvalue weighted by atomic mass is 32.1. The summed E-state index contributed by atoms with van der Waals surface area (Å²) in [4.78, 5) is 17.8. The maximum atomic E-state index is 11.8. The molecule has 34 heavy (non-hydrogen) atoms. The molecule has 0 unspecified atom stereocenters. The monoisotopic (exact) mass is 476 g/mol. The van der Waals surface area contributed by atoms with Gasteiger partial charge in [0.2, 0.25) is 4.80 Å². The molecule has 2 aliphatic rings. The highest BCUT2D eigenvalue weighted by molar-refractivity contribution is 7.07. The Morgan fingerprint density at radius 2 is 2.00 bits per heavy atom. The van der Waals surface area contributed by atoms with Crippen LogP contribution in [0.1, 0.15) is 44.6 Å². The van der Waals surface area contributed by atoms with Gasteiger partial charge < -0.3 is 14.8 Å². The molecule has 0 atom stereocenters. The highest BCUT2D eigenvalue weighted by Crippen LogP contribution is 2.33. The van der Waals surface area contributed by atoms with Crippen LogP contribution in [-0.2, 0) is 4.79 Å². The number of carbonyl (C=O) groups excluding carboxylic acids is 1. The number of benzene rings is 2. The molecule has 0 saturated heterocycles. The first-order chi connectivity index (χ1) is 16.6. The second-order valence-electron chi connectivity index (χ2n) is 8.57. The smallest absolute Gasteiger partial charge is 0.262 e. The van der Waals surface area contributed by atoms with Crippen molar-refractivity contribution < 1.29 is 14.3 Å². The molecule has 2 heterocycles. The maximum absolute atomic E-state index is 11.8. The Kier molecular flexibility index (Phi) is 6.49. The first-order valence-corrected chi connectivity index (χ1v) is 12.5. The van der Waals surface area contributed by atoms with Crippen LogP contribution in [0.5, 0.6) is 11.5 Å². The Bertz CT molecular complexity index is 1300. The third kappa shape index (κ3) is 4.63. The van der Waals surface area contributed by atoms with Gasteiger partial charge in [-0.3, -0.25) is 9.79 Å². The SMILES string of the molecule is COc1ccccc1C(C)=Nn1c(-c2ccc3c(c2)NC(=O)CO3)csc1=NC1CCCCC1. The number of anilines is 1. The Hall–Kier alpha value is -3.39. The summed E-state index contributed by atoms with van der Waals surface area (Å²) < 4.78 is 13.0. The van der Waals surface area contributed by atoms with Crippen molar-refractivity contribution in [3.8, 4) is 22.8 Å². The number of carbonyl (C=O) groups is 1. The van der Waals surface area contributed by atoms with Crippen molar-refractivity contribution in [3.63, 3.8) is 0 Å². The molecule has 5 rings (SSSR count). The van der Waals surface area contributed by atoms with Gasteiger partial charge in [0.05, 0.1) is 30.2 Å². The number of methoxy groups -OCH3 is 1. The van der Waals surface area contributed by atoms with Gasteiger partial charge in [-0.2, -0.15) is 5.10 Å². The van der Waals surface area contributed by atoms with E-state index in [0.717, 1.165) is 45.9 Å². The second kappa shape index (κ2) is 9.85. The molecule has 0 spiro atoms. The number of fused-ring (bicyclic) bond motifs is 1. The average molecular weight is 477 g/mol. The molecule has 1 fully saturated rings. The lowest BCUT2D eigenvalue weighted by molar-refractivity contribution is -0.118. The molecular weight excluding hydrogens is 448 g/mol. The van der Waals surface area contributed by atoms with Crippen LogP contribution >= 0.6 is 11.3 Å². The van der Waals surface area contributed by atoms with Gasteiger partial charge in [-0.15, -0.1) is 11.3 Å². The van der Waals surface area contributed by atoms with Crippen molar-refractivity contribution in [3.05, 3.63) is 58.2 Å². The third-order valence-corrected chi connectivity index (χ3v) is 7.04. The molecule has 1 N–H and O–H groups in total. The van der Waals surface area contributed by atoms with E-state index in [1.807, 2.05) is 54.1 Å². The van der Waals surface area contributed by atoms with E-state index in [4.69, 9.17) is 19.6 Å². The summed E-state index contributed by atoms with van der Waals surface area (Å²) in [6.45, 7) is 2.02. The summed E-state index contributed by atoms with van der Waals surface area (Å²) in [6, 6.07) is 14.0. The molecule has 1 aliphatic carbocycles. The molecule has 2 aromatic carbocycles. The van der Waals surface area contributed by atoms with Crippen molar-refractivity contribution >= 4 is 28.6 Å². The largest absolute Gasteiger partial charge is 0.496 e. The van der Waals surface area contributed by atoms with Gasteiger partial charge in [-0.25, -0.2) is 4.68 Å². The summed E-state index contributed by atoms with van der Waals surface area (Å²) >= 11 is 1.59. The molecule has 1 saturated carbocycles. The second-order valence-corrected chi connectivity index (χ2v) is 9.41. The lowest BCUT2D eigenvalue weighted by Gasteiger charge is -2.19. The number of hydrogen-bond donors (Lipinski definition) is 1. The van der Waals surface area contributed by atoms with Crippen LogP contribution in [-0.4, -0.2) is 36.1 Å². The Labute approximate surface area is 202 Å². The predicted octanol–water partition coefficient (Wildman–Crippen LogP) is 5.06. The minimum atomic E-state index is -0.152. The van der Waals surface area contributed by atoms with E-state index in [1.165, 1.54) is 19.3 Å². The maximum Gasteiger partial charge on any atom is 0.262 e. The standard InChI is InChI=1S/C26H28N4O3S/c1-17(20-10-6-7-11-23(20)32-2)29-30-22(16-34-26(30)27-19-8-4-3-5-9-19)18-12-13-24-21(14-18)28-25(31)15-33-24/h6-7,10-14,16,19H,3-5,8-9,15H2,1-2H3,(H,28,31). The van der Waals surface area contributed by atoms with Crippen LogP contribution in [0.2, 0.25) is 0 Å². The molecule has 176 valence electrons. The number of thiazole rings is 1. The van der Waals surface area contributed by atoms with E-state index in [0.29, 0.717) is 17.5 Å². The van der Waals surface area contributed by atoms with Gasteiger partial charge in [0.1, 0.15) is 11.5 Å². The summed E-state index contributed by atoms with van der Waals surface area (Å²) in [7, 11) is 1.67. The van der Waals surface area contributed by atoms with Gasteiger partial charge >= 0.3 is 0 Å². The van der Waals surface area contributed by atoms with E-state index >= 15 is 0 Å². The molecule has 0 bridgehead atoms. The molecule has 1 aromatic heterocycles. The van der Waals surface area contributed by atoms with E-state index < -0.39 is 0 Å². The molecule has 1 aliphatic heterocycles. The average Bonchev–Trinajstić information content (AvgIpc) is 3.25. The summed E-state index contributed by atoms with van der Waals surface area (Å²) in [5.74, 6) is 1.30. The van der Waals surface area contributed by atoms with Gasteiger partial charge in [-0.1, -0.05) is 31.4 Å². The first kappa shape index (κ1) is 22.4. The van der Waals surface area contributed by atoms with Crippen LogP contribution in [0.4, 0.5) is 5.69 Å². The number of amides is 1. The summed E-state index contributed by atoms with van der Waals surface area (Å²) in [5, 5.41) is 9.99. The number of hydrogen-bond acceptors (Lipinski definition) is 6. The fourth-order valence-corrected chi connectivity index (χ4v) is 5.34. The van der Waals surface area contributed by atoms with Crippen molar-refractivity contribution in [1.82, 2.24) is 4.68 Å². The zero-order valence-electron chi connectivity index (χ0n) is 19.4. The number of ether oxygens (including phenoxy) is 2. The fourth-order valence-electron chi connectivity index (χ4n) is 4.44. The van der Waals surface area contributed by atoms with E-state index in [-0.39, 0.29) is 12.5 Å². The topological polar surface area (TPSA) is 77.2 Å². The normalized spacial score (nSPS) is 17.2. The van der Waals surface area contributed by atoms with Crippen LogP contribution in [0.3, 0.4) is 0 Å². The number of rotatable bonds is 5. The minimum Gasteiger partial charge on any atom is -0.496 e. The number of nitrogens with one attached hydrogen (secondary N) is 1. The van der Waals surface area contributed by atoms with Crippen LogP contribution in [0.15, 0.2) is 57.9 Å². The Morgan fingerprint density at radius 3 is 2.82 bits per heavy atom. The molecule has 3 aromatic rings. The van der Waals surface area contributed by atoms with Crippen LogP contribution in [0, 0.1) is 0 Å².